The van der Waals surface area contributed by atoms with E-state index in [1.54, 1.807) is 12.1 Å². The van der Waals surface area contributed by atoms with Crippen LogP contribution in [-0.4, -0.2) is 34.1 Å². The van der Waals surface area contributed by atoms with Gasteiger partial charge in [-0.05, 0) is 68.5 Å². The van der Waals surface area contributed by atoms with E-state index in [1.807, 2.05) is 19.1 Å². The fourth-order valence-electron chi connectivity index (χ4n) is 4.19. The van der Waals surface area contributed by atoms with Gasteiger partial charge in [-0.1, -0.05) is 18.2 Å². The summed E-state index contributed by atoms with van der Waals surface area (Å²) in [6, 6.07) is 9.98. The Bertz CT molecular complexity index is 1340. The highest BCUT2D eigenvalue weighted by molar-refractivity contribution is 6.07. The molecule has 2 aromatic carbocycles. The van der Waals surface area contributed by atoms with Gasteiger partial charge >= 0.3 is 6.18 Å². The van der Waals surface area contributed by atoms with Crippen LogP contribution < -0.4 is 16.0 Å². The molecule has 4 N–H and O–H groups in total. The Kier molecular flexibility index (Phi) is 7.96. The standard InChI is InChI=1S/C27H26F4N4O3/c1-15-4-2-3-5-22(15)34-24-23(35-25(37)16-10-18(27(29,30)31)13-19(28)11-16)12-17(14-32-24)26(38)33-20-6-8-21(36)9-7-20/h2-5,10-14,20-21,36H,6-9H2,1H3,(H,32,34)(H,33,38)(H,35,37). The minimum atomic E-state index is -4.84. The average molecular weight is 531 g/mol. The second-order valence-electron chi connectivity index (χ2n) is 9.22. The largest absolute Gasteiger partial charge is 0.416 e. The van der Waals surface area contributed by atoms with E-state index >= 15 is 0 Å². The van der Waals surface area contributed by atoms with Crippen molar-refractivity contribution in [3.8, 4) is 0 Å². The van der Waals surface area contributed by atoms with Gasteiger partial charge in [-0.15, -0.1) is 0 Å². The summed E-state index contributed by atoms with van der Waals surface area (Å²) in [7, 11) is 0. The fourth-order valence-corrected chi connectivity index (χ4v) is 4.19. The van der Waals surface area contributed by atoms with Crippen molar-refractivity contribution in [1.29, 1.82) is 0 Å². The van der Waals surface area contributed by atoms with Gasteiger partial charge < -0.3 is 21.1 Å². The maximum absolute atomic E-state index is 13.9. The van der Waals surface area contributed by atoms with Gasteiger partial charge in [0.05, 0.1) is 22.9 Å². The van der Waals surface area contributed by atoms with E-state index in [9.17, 15) is 32.3 Å². The van der Waals surface area contributed by atoms with Crippen molar-refractivity contribution in [3.05, 3.63) is 82.8 Å². The third-order valence-electron chi connectivity index (χ3n) is 6.32. The first-order chi connectivity index (χ1) is 18.0. The molecule has 1 heterocycles. The number of hydrogen-bond acceptors (Lipinski definition) is 5. The number of alkyl halides is 3. The number of rotatable bonds is 6. The van der Waals surface area contributed by atoms with Crippen molar-refractivity contribution in [1.82, 2.24) is 10.3 Å². The van der Waals surface area contributed by atoms with Gasteiger partial charge in [-0.25, -0.2) is 9.37 Å². The van der Waals surface area contributed by atoms with Crippen molar-refractivity contribution in [2.75, 3.05) is 10.6 Å². The van der Waals surface area contributed by atoms with Crippen molar-refractivity contribution in [2.45, 2.75) is 50.9 Å². The summed E-state index contributed by atoms with van der Waals surface area (Å²) in [5, 5.41) is 18.1. The predicted octanol–water partition coefficient (Wildman–Crippen LogP) is 5.58. The molecule has 0 saturated heterocycles. The van der Waals surface area contributed by atoms with Crippen molar-refractivity contribution < 1.29 is 32.3 Å². The highest BCUT2D eigenvalue weighted by Crippen LogP contribution is 2.31. The number of pyridine rings is 1. The van der Waals surface area contributed by atoms with Crippen LogP contribution in [0.2, 0.25) is 0 Å². The lowest BCUT2D eigenvalue weighted by Crippen LogP contribution is -2.38. The molecule has 1 aliphatic rings. The summed E-state index contributed by atoms with van der Waals surface area (Å²) in [6.07, 6.45) is -1.57. The Labute approximate surface area is 216 Å². The molecular weight excluding hydrogens is 504 g/mol. The van der Waals surface area contributed by atoms with Crippen LogP contribution in [0.15, 0.2) is 54.7 Å². The van der Waals surface area contributed by atoms with Crippen LogP contribution in [0.3, 0.4) is 0 Å². The van der Waals surface area contributed by atoms with Crippen molar-refractivity contribution in [3.63, 3.8) is 0 Å². The van der Waals surface area contributed by atoms with Crippen LogP contribution in [0.25, 0.3) is 0 Å². The molecule has 0 aliphatic heterocycles. The van der Waals surface area contributed by atoms with Crippen LogP contribution in [0.1, 0.15) is 57.5 Å². The Balaban J connectivity index is 1.64. The monoisotopic (exact) mass is 530 g/mol. The number of carbonyl (C=O) groups excluding carboxylic acids is 2. The van der Waals surface area contributed by atoms with Gasteiger partial charge in [0.2, 0.25) is 0 Å². The minimum absolute atomic E-state index is 0.0165. The molecule has 200 valence electrons. The molecule has 0 atom stereocenters. The van der Waals surface area contributed by atoms with E-state index < -0.39 is 34.9 Å². The van der Waals surface area contributed by atoms with E-state index in [0.29, 0.717) is 49.6 Å². The van der Waals surface area contributed by atoms with Gasteiger partial charge in [-0.3, -0.25) is 9.59 Å². The number of anilines is 3. The molecule has 1 aliphatic carbocycles. The van der Waals surface area contributed by atoms with Crippen LogP contribution >= 0.6 is 0 Å². The molecule has 3 aromatic rings. The Morgan fingerprint density at radius 2 is 1.66 bits per heavy atom. The number of nitrogens with zero attached hydrogens (tertiary/aromatic N) is 1. The number of benzene rings is 2. The lowest BCUT2D eigenvalue weighted by atomic mass is 9.93. The molecule has 4 rings (SSSR count). The molecule has 7 nitrogen and oxygen atoms in total. The van der Waals surface area contributed by atoms with E-state index in [1.165, 1.54) is 12.3 Å². The first kappa shape index (κ1) is 27.1. The zero-order valence-corrected chi connectivity index (χ0v) is 20.4. The summed E-state index contributed by atoms with van der Waals surface area (Å²) >= 11 is 0. The maximum atomic E-state index is 13.9. The molecule has 0 bridgehead atoms. The van der Waals surface area contributed by atoms with Gasteiger partial charge in [0, 0.05) is 23.5 Å². The molecule has 0 spiro atoms. The zero-order chi connectivity index (χ0) is 27.4. The average Bonchev–Trinajstić information content (AvgIpc) is 2.86. The topological polar surface area (TPSA) is 103 Å². The number of hydrogen-bond donors (Lipinski definition) is 4. The van der Waals surface area contributed by atoms with Crippen LogP contribution in [-0.2, 0) is 6.18 Å². The van der Waals surface area contributed by atoms with Crippen molar-refractivity contribution >= 4 is 29.0 Å². The van der Waals surface area contributed by atoms with E-state index in [-0.39, 0.29) is 29.2 Å². The third-order valence-corrected chi connectivity index (χ3v) is 6.32. The number of aryl methyl sites for hydroxylation is 1. The quantitative estimate of drug-likeness (QED) is 0.312. The SMILES string of the molecule is Cc1ccccc1Nc1ncc(C(=O)NC2CCC(O)CC2)cc1NC(=O)c1cc(F)cc(C(F)(F)F)c1. The van der Waals surface area contributed by atoms with Crippen molar-refractivity contribution in [2.24, 2.45) is 0 Å². The Hall–Kier alpha value is -3.99. The minimum Gasteiger partial charge on any atom is -0.393 e. The second kappa shape index (κ2) is 11.2. The van der Waals surface area contributed by atoms with Gasteiger partial charge in [0.25, 0.3) is 11.8 Å². The van der Waals surface area contributed by atoms with Gasteiger partial charge in [-0.2, -0.15) is 13.2 Å². The molecule has 2 amide bonds. The van der Waals surface area contributed by atoms with E-state index in [4.69, 9.17) is 0 Å². The molecule has 1 aromatic heterocycles. The molecule has 1 saturated carbocycles. The number of aliphatic hydroxyl groups is 1. The van der Waals surface area contributed by atoms with Crippen LogP contribution in [0.5, 0.6) is 0 Å². The molecule has 1 fully saturated rings. The number of amides is 2. The second-order valence-corrected chi connectivity index (χ2v) is 9.22. The molecule has 0 radical (unpaired) electrons. The number of aliphatic hydroxyl groups excluding tert-OH is 1. The summed E-state index contributed by atoms with van der Waals surface area (Å²) in [6.45, 7) is 1.84. The Morgan fingerprint density at radius 1 is 0.947 bits per heavy atom. The van der Waals surface area contributed by atoms with Gasteiger partial charge in [0.1, 0.15) is 5.82 Å². The smallest absolute Gasteiger partial charge is 0.393 e. The number of nitrogens with one attached hydrogen (secondary N) is 3. The maximum Gasteiger partial charge on any atom is 0.416 e. The lowest BCUT2D eigenvalue weighted by Gasteiger charge is -2.26. The summed E-state index contributed by atoms with van der Waals surface area (Å²) in [5.41, 5.74) is -0.217. The highest BCUT2D eigenvalue weighted by atomic mass is 19.4. The van der Waals surface area contributed by atoms with E-state index in [0.717, 1.165) is 5.56 Å². The predicted molar refractivity (Wildman–Crippen MR) is 134 cm³/mol. The number of halogens is 4. The first-order valence-electron chi connectivity index (χ1n) is 12.0. The van der Waals surface area contributed by atoms with Crippen LogP contribution in [0.4, 0.5) is 34.8 Å². The third kappa shape index (κ3) is 6.65. The molecule has 38 heavy (non-hydrogen) atoms. The summed E-state index contributed by atoms with van der Waals surface area (Å²) in [5.74, 6) is -2.55. The van der Waals surface area contributed by atoms with Crippen LogP contribution in [0, 0.1) is 12.7 Å². The molecule has 11 heteroatoms. The fraction of sp³-hybridized carbons (Fsp3) is 0.296. The number of para-hydroxylation sites is 1. The van der Waals surface area contributed by atoms with E-state index in [2.05, 4.69) is 20.9 Å². The number of aromatic nitrogens is 1. The lowest BCUT2D eigenvalue weighted by molar-refractivity contribution is -0.137. The highest BCUT2D eigenvalue weighted by Gasteiger charge is 2.32. The number of carbonyl (C=O) groups is 2. The van der Waals surface area contributed by atoms with Gasteiger partial charge in [0.15, 0.2) is 5.82 Å². The Morgan fingerprint density at radius 3 is 2.34 bits per heavy atom. The summed E-state index contributed by atoms with van der Waals surface area (Å²) in [4.78, 5) is 30.1. The molecule has 0 unspecified atom stereocenters. The summed E-state index contributed by atoms with van der Waals surface area (Å²) < 4.78 is 53.4. The normalized spacial score (nSPS) is 17.5. The molecular formula is C27H26F4N4O3. The zero-order valence-electron chi connectivity index (χ0n) is 20.4. The first-order valence-corrected chi connectivity index (χ1v) is 12.0.